The summed E-state index contributed by atoms with van der Waals surface area (Å²) in [6.07, 6.45) is 0. The first kappa shape index (κ1) is 65.2. The molecule has 22 aromatic rings. The van der Waals surface area contributed by atoms with Crippen molar-refractivity contribution in [1.29, 1.82) is 0 Å². The molecule has 6 heterocycles. The van der Waals surface area contributed by atoms with E-state index in [-0.39, 0.29) is 0 Å². The minimum absolute atomic E-state index is 0.669. The normalized spacial score (nSPS) is 11.6. The fourth-order valence-electron chi connectivity index (χ4n) is 16.7. The van der Waals surface area contributed by atoms with Gasteiger partial charge in [0.05, 0.1) is 55.5 Å². The average Bonchev–Trinajstić information content (AvgIpc) is 1.55. The molecule has 8 nitrogen and oxygen atoms in total. The summed E-state index contributed by atoms with van der Waals surface area (Å²) in [5, 5.41) is 9.52. The fraction of sp³-hybridized carbons (Fsp3) is 0. The number of fused-ring (bicyclic) bond motifs is 14. The van der Waals surface area contributed by atoms with Crippen LogP contribution >= 0.6 is 0 Å². The maximum Gasteiger partial charge on any atom is 0.162 e. The minimum atomic E-state index is 0.669. The van der Waals surface area contributed by atoms with Gasteiger partial charge >= 0.3 is 0 Å². The fourth-order valence-corrected chi connectivity index (χ4v) is 16.7. The molecule has 22 rings (SSSR count). The van der Waals surface area contributed by atoms with Crippen LogP contribution in [0, 0.1) is 0 Å². The standard InChI is InChI=1S/2C52H34N4/c1-4-16-35(17-5-1)37-20-14-22-39(32-37)46-34-49(54-52(53-46)40-23-15-21-38(33-40)36-18-6-2-7-19-36)56-48-29-13-11-27-43(48)45-31-30-44-42-26-10-12-28-47(42)55(50(44)51(45)56)41-24-8-3-9-25-41;1-4-15-35(16-5-1)37-27-29-38(30-28-37)46-34-49(54-52(53-46)40-20-14-19-39(33-40)36-17-6-2-7-18-36)56-48-26-13-11-24-43(48)45-32-31-44-42-23-10-12-25-47(42)55(50(44)51(45)56)41-21-8-3-9-22-41/h2*1-34H. The zero-order valence-electron chi connectivity index (χ0n) is 60.8. The molecule has 524 valence electrons. The van der Waals surface area contributed by atoms with Gasteiger partial charge in [-0.1, -0.05) is 334 Å². The molecule has 0 radical (unpaired) electrons. The SMILES string of the molecule is c1ccc(-c2ccc(-c3cc(-n4c5ccccc5c5ccc6c7ccccc7n(-c7ccccc7)c6c54)nc(-c4cccc(-c5ccccc5)c4)n3)cc2)cc1.c1ccc(-c2cccc(-c3cc(-n4c5ccccc5c5ccc6c7ccccc7n(-c7ccccc7)c6c54)nc(-c4cccc(-c5ccccc5)c4)n3)c2)cc1. The van der Waals surface area contributed by atoms with E-state index in [2.05, 4.69) is 431 Å². The summed E-state index contributed by atoms with van der Waals surface area (Å²) >= 11 is 0. The Morgan fingerprint density at radius 3 is 0.768 bits per heavy atom. The van der Waals surface area contributed by atoms with Gasteiger partial charge in [-0.05, 0) is 111 Å². The lowest BCUT2D eigenvalue weighted by molar-refractivity contribution is 1.05. The van der Waals surface area contributed by atoms with Gasteiger partial charge in [-0.3, -0.25) is 9.13 Å². The molecular formula is C104H68N8. The van der Waals surface area contributed by atoms with E-state index in [1.165, 1.54) is 54.2 Å². The van der Waals surface area contributed by atoms with Gasteiger partial charge in [0.15, 0.2) is 11.6 Å². The van der Waals surface area contributed by atoms with Crippen molar-refractivity contribution in [3.63, 3.8) is 0 Å². The van der Waals surface area contributed by atoms with Gasteiger partial charge in [-0.15, -0.1) is 0 Å². The summed E-state index contributed by atoms with van der Waals surface area (Å²) in [5.74, 6) is 2.96. The second-order valence-electron chi connectivity index (χ2n) is 28.5. The molecular weight excluding hydrogens is 1360 g/mol. The summed E-state index contributed by atoms with van der Waals surface area (Å²) in [5.41, 5.74) is 26.1. The number of hydrogen-bond donors (Lipinski definition) is 0. The molecule has 0 amide bonds. The first-order valence-corrected chi connectivity index (χ1v) is 38.0. The topological polar surface area (TPSA) is 71.3 Å². The Labute approximate surface area is 646 Å². The Morgan fingerprint density at radius 1 is 0.152 bits per heavy atom. The number of rotatable bonds is 12. The van der Waals surface area contributed by atoms with Crippen LogP contribution in [0.15, 0.2) is 413 Å². The third-order valence-corrected chi connectivity index (χ3v) is 21.9. The highest BCUT2D eigenvalue weighted by Crippen LogP contribution is 2.45. The van der Waals surface area contributed by atoms with Crippen molar-refractivity contribution < 1.29 is 0 Å². The maximum absolute atomic E-state index is 5.49. The third-order valence-electron chi connectivity index (χ3n) is 21.9. The molecule has 0 N–H and O–H groups in total. The number of aromatic nitrogens is 8. The summed E-state index contributed by atoms with van der Waals surface area (Å²) in [4.78, 5) is 21.6. The molecule has 0 saturated carbocycles. The van der Waals surface area contributed by atoms with Crippen molar-refractivity contribution >= 4 is 87.2 Å². The molecule has 0 aliphatic heterocycles. The Bertz CT molecular complexity index is 7230. The average molecular weight is 1430 g/mol. The zero-order valence-corrected chi connectivity index (χ0v) is 60.8. The lowest BCUT2D eigenvalue weighted by Gasteiger charge is -2.15. The van der Waals surface area contributed by atoms with Crippen molar-refractivity contribution in [2.75, 3.05) is 0 Å². The van der Waals surface area contributed by atoms with Gasteiger partial charge in [0, 0.05) is 88.9 Å². The van der Waals surface area contributed by atoms with Crippen LogP contribution in [0.4, 0.5) is 0 Å². The van der Waals surface area contributed by atoms with E-state index in [1.54, 1.807) is 0 Å². The summed E-state index contributed by atoms with van der Waals surface area (Å²) < 4.78 is 9.55. The molecule has 112 heavy (non-hydrogen) atoms. The highest BCUT2D eigenvalue weighted by Gasteiger charge is 2.26. The highest BCUT2D eigenvalue weighted by atomic mass is 15.1. The van der Waals surface area contributed by atoms with Crippen molar-refractivity contribution in [2.45, 2.75) is 0 Å². The largest absolute Gasteiger partial charge is 0.307 e. The molecule has 16 aromatic carbocycles. The second-order valence-corrected chi connectivity index (χ2v) is 28.5. The van der Waals surface area contributed by atoms with E-state index in [9.17, 15) is 0 Å². The molecule has 0 aliphatic rings. The summed E-state index contributed by atoms with van der Waals surface area (Å²) in [6.45, 7) is 0. The third kappa shape index (κ3) is 11.4. The van der Waals surface area contributed by atoms with E-state index in [1.807, 2.05) is 0 Å². The smallest absolute Gasteiger partial charge is 0.162 e. The van der Waals surface area contributed by atoms with Crippen molar-refractivity contribution in [2.24, 2.45) is 0 Å². The molecule has 6 aromatic heterocycles. The van der Waals surface area contributed by atoms with Gasteiger partial charge in [-0.2, -0.15) is 0 Å². The van der Waals surface area contributed by atoms with Gasteiger partial charge in [0.25, 0.3) is 0 Å². The van der Waals surface area contributed by atoms with E-state index >= 15 is 0 Å². The van der Waals surface area contributed by atoms with Gasteiger partial charge < -0.3 is 9.13 Å². The van der Waals surface area contributed by atoms with Crippen LogP contribution in [0.3, 0.4) is 0 Å². The number of hydrogen-bond acceptors (Lipinski definition) is 4. The van der Waals surface area contributed by atoms with Gasteiger partial charge in [0.1, 0.15) is 11.6 Å². The monoisotopic (exact) mass is 1430 g/mol. The molecule has 8 heteroatoms. The summed E-state index contributed by atoms with van der Waals surface area (Å²) in [7, 11) is 0. The molecule has 0 spiro atoms. The van der Waals surface area contributed by atoms with Gasteiger partial charge in [0.2, 0.25) is 0 Å². The molecule has 0 atom stereocenters. The van der Waals surface area contributed by atoms with E-state index in [0.717, 1.165) is 134 Å². The predicted molar refractivity (Wildman–Crippen MR) is 465 cm³/mol. The lowest BCUT2D eigenvalue weighted by Crippen LogP contribution is -2.04. The second kappa shape index (κ2) is 27.6. The minimum Gasteiger partial charge on any atom is -0.307 e. The molecule has 0 unspecified atom stereocenters. The van der Waals surface area contributed by atoms with Crippen LogP contribution in [0.5, 0.6) is 0 Å². The first-order valence-electron chi connectivity index (χ1n) is 38.0. The van der Waals surface area contributed by atoms with Crippen LogP contribution in [0.1, 0.15) is 0 Å². The Balaban J connectivity index is 0.000000141. The molecule has 0 aliphatic carbocycles. The van der Waals surface area contributed by atoms with E-state index in [4.69, 9.17) is 19.9 Å². The van der Waals surface area contributed by atoms with Crippen molar-refractivity contribution in [3.05, 3.63) is 413 Å². The maximum atomic E-state index is 5.49. The Morgan fingerprint density at radius 2 is 0.402 bits per heavy atom. The Kier molecular flexibility index (Phi) is 16.1. The van der Waals surface area contributed by atoms with Crippen LogP contribution in [-0.2, 0) is 0 Å². The zero-order chi connectivity index (χ0) is 74.0. The van der Waals surface area contributed by atoms with Crippen LogP contribution < -0.4 is 0 Å². The van der Waals surface area contributed by atoms with E-state index in [0.29, 0.717) is 11.6 Å². The quantitative estimate of drug-likeness (QED) is 0.122. The summed E-state index contributed by atoms with van der Waals surface area (Å²) in [6, 6.07) is 146. The predicted octanol–water partition coefficient (Wildman–Crippen LogP) is 26.7. The Hall–Kier alpha value is -15.1. The van der Waals surface area contributed by atoms with Gasteiger partial charge in [-0.25, -0.2) is 19.9 Å². The molecule has 0 fully saturated rings. The van der Waals surface area contributed by atoms with Crippen molar-refractivity contribution in [1.82, 2.24) is 38.2 Å². The molecule has 0 saturated heterocycles. The number of para-hydroxylation sites is 6. The number of benzene rings is 16. The first-order chi connectivity index (χ1) is 55.6. The lowest BCUT2D eigenvalue weighted by atomic mass is 10.0. The van der Waals surface area contributed by atoms with E-state index < -0.39 is 0 Å². The highest BCUT2D eigenvalue weighted by molar-refractivity contribution is 6.25. The van der Waals surface area contributed by atoms with Crippen LogP contribution in [-0.4, -0.2) is 38.2 Å². The number of nitrogens with zero attached hydrogens (tertiary/aromatic N) is 8. The van der Waals surface area contributed by atoms with Crippen molar-refractivity contribution in [3.8, 4) is 113 Å². The van der Waals surface area contributed by atoms with Crippen LogP contribution in [0.2, 0.25) is 0 Å². The molecule has 0 bridgehead atoms. The van der Waals surface area contributed by atoms with Crippen LogP contribution in [0.25, 0.3) is 200 Å².